The van der Waals surface area contributed by atoms with Crippen molar-refractivity contribution in [3.8, 4) is 0 Å². The Labute approximate surface area is 114 Å². The fraction of sp³-hybridized carbons (Fsp3) is 0.714. The van der Waals surface area contributed by atoms with Gasteiger partial charge >= 0.3 is 0 Å². The van der Waals surface area contributed by atoms with E-state index in [1.165, 1.54) is 0 Å². The number of nitrogens with one attached hydrogen (secondary N) is 2. The topological polar surface area (TPSA) is 78.0 Å². The lowest BCUT2D eigenvalue weighted by Crippen LogP contribution is -2.45. The highest BCUT2D eigenvalue weighted by atomic mass is 16.3. The van der Waals surface area contributed by atoms with Crippen molar-refractivity contribution < 1.29 is 9.90 Å². The second-order valence-electron chi connectivity index (χ2n) is 5.53. The molecule has 0 bridgehead atoms. The Morgan fingerprint density at radius 1 is 1.53 bits per heavy atom. The van der Waals surface area contributed by atoms with E-state index in [1.54, 1.807) is 6.92 Å². The van der Waals surface area contributed by atoms with Crippen LogP contribution in [0.25, 0.3) is 0 Å². The Kier molecular flexibility index (Phi) is 5.11. The van der Waals surface area contributed by atoms with Gasteiger partial charge in [-0.15, -0.1) is 0 Å². The van der Waals surface area contributed by atoms with Crippen molar-refractivity contribution in [2.24, 2.45) is 5.92 Å². The number of aliphatic hydroxyl groups is 1. The van der Waals surface area contributed by atoms with Gasteiger partial charge in [-0.05, 0) is 26.7 Å². The van der Waals surface area contributed by atoms with E-state index in [1.807, 2.05) is 27.7 Å². The highest BCUT2D eigenvalue weighted by Crippen LogP contribution is 2.19. The third kappa shape index (κ3) is 4.06. The zero-order valence-corrected chi connectivity index (χ0v) is 12.5. The summed E-state index contributed by atoms with van der Waals surface area (Å²) in [6.07, 6.45) is 1.17. The first-order chi connectivity index (χ1) is 8.77. The van der Waals surface area contributed by atoms with Crippen molar-refractivity contribution in [2.75, 3.05) is 6.54 Å². The summed E-state index contributed by atoms with van der Waals surface area (Å²) in [5.41, 5.74) is 1.83. The smallest absolute Gasteiger partial charge is 0.224 e. The maximum atomic E-state index is 11.9. The number of H-pyrrole nitrogens is 1. The summed E-state index contributed by atoms with van der Waals surface area (Å²) in [5.74, 6) is 0.0568. The second kappa shape index (κ2) is 6.19. The summed E-state index contributed by atoms with van der Waals surface area (Å²) >= 11 is 0. The first-order valence-corrected chi connectivity index (χ1v) is 6.77. The molecule has 2 unspecified atom stereocenters. The average molecular weight is 267 g/mol. The molecule has 0 spiro atoms. The molecule has 3 N–H and O–H groups in total. The fourth-order valence-electron chi connectivity index (χ4n) is 1.95. The van der Waals surface area contributed by atoms with Gasteiger partial charge in [0, 0.05) is 17.8 Å². The molecule has 1 amide bonds. The van der Waals surface area contributed by atoms with Crippen molar-refractivity contribution >= 4 is 5.91 Å². The number of hydrogen-bond donors (Lipinski definition) is 3. The van der Waals surface area contributed by atoms with E-state index in [-0.39, 0.29) is 18.4 Å². The van der Waals surface area contributed by atoms with Crippen molar-refractivity contribution in [1.82, 2.24) is 15.5 Å². The van der Waals surface area contributed by atoms with Crippen molar-refractivity contribution in [3.05, 3.63) is 17.0 Å². The Bertz CT molecular complexity index is 418. The van der Waals surface area contributed by atoms with Gasteiger partial charge < -0.3 is 10.4 Å². The van der Waals surface area contributed by atoms with Crippen LogP contribution in [-0.4, -0.2) is 33.4 Å². The van der Waals surface area contributed by atoms with Crippen LogP contribution >= 0.6 is 0 Å². The number of carbonyl (C=O) groups excluding carboxylic acids is 1. The molecule has 1 aromatic rings. The molecule has 2 atom stereocenters. The number of rotatable bonds is 6. The van der Waals surface area contributed by atoms with Crippen LogP contribution in [0, 0.1) is 19.8 Å². The van der Waals surface area contributed by atoms with Crippen molar-refractivity contribution in [3.63, 3.8) is 0 Å². The van der Waals surface area contributed by atoms with Crippen LogP contribution < -0.4 is 5.32 Å². The molecule has 0 saturated carbocycles. The van der Waals surface area contributed by atoms with Crippen LogP contribution in [0.3, 0.4) is 0 Å². The minimum atomic E-state index is -0.870. The van der Waals surface area contributed by atoms with E-state index in [0.717, 1.165) is 23.4 Å². The van der Waals surface area contributed by atoms with E-state index in [0.29, 0.717) is 6.42 Å². The van der Waals surface area contributed by atoms with Gasteiger partial charge in [-0.1, -0.05) is 20.3 Å². The van der Waals surface area contributed by atoms with Crippen LogP contribution in [-0.2, 0) is 11.2 Å². The molecule has 0 saturated heterocycles. The molecule has 0 aliphatic heterocycles. The molecular formula is C14H25N3O2. The molecule has 19 heavy (non-hydrogen) atoms. The molecule has 108 valence electrons. The van der Waals surface area contributed by atoms with Gasteiger partial charge in [0.15, 0.2) is 0 Å². The number of aromatic amines is 1. The van der Waals surface area contributed by atoms with Gasteiger partial charge in [0.05, 0.1) is 17.7 Å². The summed E-state index contributed by atoms with van der Waals surface area (Å²) in [4.78, 5) is 11.9. The van der Waals surface area contributed by atoms with Crippen molar-refractivity contribution in [1.29, 1.82) is 0 Å². The summed E-state index contributed by atoms with van der Waals surface area (Å²) in [6, 6.07) is 0. The van der Waals surface area contributed by atoms with Crippen LogP contribution in [0.4, 0.5) is 0 Å². The Morgan fingerprint density at radius 3 is 2.63 bits per heavy atom. The maximum Gasteiger partial charge on any atom is 0.224 e. The number of carbonyl (C=O) groups is 1. The normalized spacial score (nSPS) is 15.9. The van der Waals surface area contributed by atoms with E-state index < -0.39 is 5.60 Å². The van der Waals surface area contributed by atoms with Gasteiger partial charge in [0.2, 0.25) is 5.91 Å². The fourth-order valence-corrected chi connectivity index (χ4v) is 1.95. The minimum Gasteiger partial charge on any atom is -0.388 e. The molecule has 5 nitrogen and oxygen atoms in total. The monoisotopic (exact) mass is 267 g/mol. The predicted molar refractivity (Wildman–Crippen MR) is 74.9 cm³/mol. The van der Waals surface area contributed by atoms with Gasteiger partial charge in [-0.2, -0.15) is 5.10 Å². The number of nitrogens with zero attached hydrogens (tertiary/aromatic N) is 1. The quantitative estimate of drug-likeness (QED) is 0.730. The molecule has 0 aliphatic rings. The molecule has 1 aromatic heterocycles. The first-order valence-electron chi connectivity index (χ1n) is 6.77. The van der Waals surface area contributed by atoms with Crippen LogP contribution in [0.5, 0.6) is 0 Å². The van der Waals surface area contributed by atoms with E-state index >= 15 is 0 Å². The van der Waals surface area contributed by atoms with Gasteiger partial charge in [0.1, 0.15) is 0 Å². The molecule has 0 fully saturated rings. The maximum absolute atomic E-state index is 11.9. The molecule has 1 rings (SSSR count). The lowest BCUT2D eigenvalue weighted by atomic mass is 9.88. The average Bonchev–Trinajstić information content (AvgIpc) is 2.67. The molecule has 5 heteroatoms. The zero-order chi connectivity index (χ0) is 14.6. The Morgan fingerprint density at radius 2 is 2.16 bits per heavy atom. The highest BCUT2D eigenvalue weighted by Gasteiger charge is 2.27. The summed E-state index contributed by atoms with van der Waals surface area (Å²) in [5, 5.41) is 20.0. The number of hydrogen-bond acceptors (Lipinski definition) is 3. The van der Waals surface area contributed by atoms with Crippen LogP contribution in [0.1, 0.15) is 44.1 Å². The van der Waals surface area contributed by atoms with E-state index in [2.05, 4.69) is 15.5 Å². The van der Waals surface area contributed by atoms with Gasteiger partial charge in [-0.25, -0.2) is 0 Å². The van der Waals surface area contributed by atoms with E-state index in [4.69, 9.17) is 0 Å². The third-order valence-corrected chi connectivity index (χ3v) is 3.94. The highest BCUT2D eigenvalue weighted by molar-refractivity contribution is 5.79. The first kappa shape index (κ1) is 15.7. The summed E-state index contributed by atoms with van der Waals surface area (Å²) in [6.45, 7) is 9.82. The molecule has 0 aliphatic carbocycles. The number of aryl methyl sites for hydroxylation is 2. The van der Waals surface area contributed by atoms with Gasteiger partial charge in [0.25, 0.3) is 0 Å². The largest absolute Gasteiger partial charge is 0.388 e. The summed E-state index contributed by atoms with van der Waals surface area (Å²) < 4.78 is 0. The standard InChI is InChI=1S/C14H25N3O2/c1-6-9(2)14(5,19)8-15-13(18)7-12-10(3)16-17-11(12)4/h9,19H,6-8H2,1-5H3,(H,15,18)(H,16,17). The number of amides is 1. The second-order valence-corrected chi connectivity index (χ2v) is 5.53. The third-order valence-electron chi connectivity index (χ3n) is 3.94. The van der Waals surface area contributed by atoms with E-state index in [9.17, 15) is 9.90 Å². The Balaban J connectivity index is 2.53. The Hall–Kier alpha value is -1.36. The molecule has 0 aromatic carbocycles. The minimum absolute atomic E-state index is 0.0869. The predicted octanol–water partition coefficient (Wildman–Crippen LogP) is 1.48. The number of aromatic nitrogens is 2. The lowest BCUT2D eigenvalue weighted by molar-refractivity contribution is -0.122. The van der Waals surface area contributed by atoms with Crippen LogP contribution in [0.15, 0.2) is 0 Å². The van der Waals surface area contributed by atoms with Crippen LogP contribution in [0.2, 0.25) is 0 Å². The molecular weight excluding hydrogens is 242 g/mol. The molecule has 1 heterocycles. The SMILES string of the molecule is CCC(C)C(C)(O)CNC(=O)Cc1c(C)n[nH]c1C. The summed E-state index contributed by atoms with van der Waals surface area (Å²) in [7, 11) is 0. The molecule has 0 radical (unpaired) electrons. The van der Waals surface area contributed by atoms with Gasteiger partial charge in [-0.3, -0.25) is 9.89 Å². The van der Waals surface area contributed by atoms with Crippen molar-refractivity contribution in [2.45, 2.75) is 53.1 Å². The lowest BCUT2D eigenvalue weighted by Gasteiger charge is -2.29. The zero-order valence-electron chi connectivity index (χ0n) is 12.5.